The Kier molecular flexibility index (Phi) is 4.26. The number of rotatable bonds is 5. The summed E-state index contributed by atoms with van der Waals surface area (Å²) in [5, 5.41) is 9.95. The number of carbonyl (C=O) groups is 1. The van der Waals surface area contributed by atoms with Crippen LogP contribution in [0.3, 0.4) is 0 Å². The number of aliphatic carboxylic acids is 1. The number of aromatic nitrogens is 2. The second-order valence-corrected chi connectivity index (χ2v) is 6.26. The van der Waals surface area contributed by atoms with Gasteiger partial charge in [0.25, 0.3) is 0 Å². The summed E-state index contributed by atoms with van der Waals surface area (Å²) in [4.78, 5) is 23.0. The zero-order valence-corrected chi connectivity index (χ0v) is 12.5. The highest BCUT2D eigenvalue weighted by molar-refractivity contribution is 7.15. The van der Waals surface area contributed by atoms with Crippen molar-refractivity contribution in [2.45, 2.75) is 25.8 Å². The van der Waals surface area contributed by atoms with E-state index >= 15 is 0 Å². The standard InChI is InChI=1S/C15H17N3O2S/c19-14(20)9-12-13(10-18-7-1-2-8-18)21-15(17-12)11-3-5-16-6-4-11/h3-6H,1-2,7-10H2,(H,19,20). The molecule has 1 aliphatic heterocycles. The molecule has 0 radical (unpaired) electrons. The van der Waals surface area contributed by atoms with Crippen LogP contribution in [0.5, 0.6) is 0 Å². The van der Waals surface area contributed by atoms with Gasteiger partial charge in [0.1, 0.15) is 5.01 Å². The average Bonchev–Trinajstić information content (AvgIpc) is 3.11. The van der Waals surface area contributed by atoms with Crippen molar-refractivity contribution in [2.75, 3.05) is 13.1 Å². The van der Waals surface area contributed by atoms with Crippen molar-refractivity contribution in [3.8, 4) is 10.6 Å². The molecule has 21 heavy (non-hydrogen) atoms. The Labute approximate surface area is 127 Å². The highest BCUT2D eigenvalue weighted by Crippen LogP contribution is 2.29. The first kappa shape index (κ1) is 14.2. The van der Waals surface area contributed by atoms with Crippen molar-refractivity contribution in [3.05, 3.63) is 35.1 Å². The largest absolute Gasteiger partial charge is 0.481 e. The molecule has 0 saturated carbocycles. The molecule has 2 aromatic rings. The molecular formula is C15H17N3O2S. The molecule has 0 aromatic carbocycles. The number of likely N-dealkylation sites (tertiary alicyclic amines) is 1. The number of thiazole rings is 1. The molecule has 3 rings (SSSR count). The van der Waals surface area contributed by atoms with Crippen LogP contribution in [-0.2, 0) is 17.8 Å². The van der Waals surface area contributed by atoms with E-state index in [0.29, 0.717) is 5.69 Å². The van der Waals surface area contributed by atoms with Gasteiger partial charge in [0.15, 0.2) is 0 Å². The number of hydrogen-bond acceptors (Lipinski definition) is 5. The van der Waals surface area contributed by atoms with Crippen molar-refractivity contribution in [1.82, 2.24) is 14.9 Å². The minimum atomic E-state index is -0.829. The van der Waals surface area contributed by atoms with Gasteiger partial charge in [-0.05, 0) is 38.1 Å². The van der Waals surface area contributed by atoms with E-state index in [9.17, 15) is 4.79 Å². The summed E-state index contributed by atoms with van der Waals surface area (Å²) in [6.45, 7) is 3.00. The number of pyridine rings is 1. The second-order valence-electron chi connectivity index (χ2n) is 5.18. The molecule has 2 aromatic heterocycles. The second kappa shape index (κ2) is 6.32. The molecule has 0 unspecified atom stereocenters. The Morgan fingerprint density at radius 3 is 2.67 bits per heavy atom. The third-order valence-corrected chi connectivity index (χ3v) is 4.72. The van der Waals surface area contributed by atoms with Gasteiger partial charge in [0.05, 0.1) is 12.1 Å². The fourth-order valence-corrected chi connectivity index (χ4v) is 3.68. The first-order valence-corrected chi connectivity index (χ1v) is 7.87. The lowest BCUT2D eigenvalue weighted by molar-refractivity contribution is -0.136. The third-order valence-electron chi connectivity index (χ3n) is 3.59. The lowest BCUT2D eigenvalue weighted by Crippen LogP contribution is -2.19. The van der Waals surface area contributed by atoms with Gasteiger partial charge in [0.2, 0.25) is 0 Å². The summed E-state index contributed by atoms with van der Waals surface area (Å²) in [6.07, 6.45) is 5.90. The molecule has 1 fully saturated rings. The number of carboxylic acids is 1. The van der Waals surface area contributed by atoms with Gasteiger partial charge >= 0.3 is 5.97 Å². The van der Waals surface area contributed by atoms with Crippen LogP contribution >= 0.6 is 11.3 Å². The topological polar surface area (TPSA) is 66.3 Å². The van der Waals surface area contributed by atoms with Gasteiger partial charge < -0.3 is 5.11 Å². The summed E-state index contributed by atoms with van der Waals surface area (Å²) < 4.78 is 0. The molecule has 5 nitrogen and oxygen atoms in total. The molecule has 1 N–H and O–H groups in total. The summed E-state index contributed by atoms with van der Waals surface area (Å²) in [5.41, 5.74) is 1.69. The van der Waals surface area contributed by atoms with Gasteiger partial charge in [-0.2, -0.15) is 0 Å². The molecular weight excluding hydrogens is 286 g/mol. The van der Waals surface area contributed by atoms with E-state index in [-0.39, 0.29) is 6.42 Å². The van der Waals surface area contributed by atoms with Crippen LogP contribution in [0.25, 0.3) is 10.6 Å². The quantitative estimate of drug-likeness (QED) is 0.919. The van der Waals surface area contributed by atoms with Gasteiger partial charge in [0, 0.05) is 29.4 Å². The monoisotopic (exact) mass is 303 g/mol. The molecule has 0 spiro atoms. The van der Waals surface area contributed by atoms with Crippen molar-refractivity contribution < 1.29 is 9.90 Å². The molecule has 6 heteroatoms. The van der Waals surface area contributed by atoms with Gasteiger partial charge in [-0.3, -0.25) is 14.7 Å². The highest BCUT2D eigenvalue weighted by atomic mass is 32.1. The summed E-state index contributed by atoms with van der Waals surface area (Å²) in [6, 6.07) is 3.81. The lowest BCUT2D eigenvalue weighted by atomic mass is 10.2. The van der Waals surface area contributed by atoms with E-state index in [1.54, 1.807) is 23.7 Å². The number of carboxylic acid groups (broad SMARTS) is 1. The maximum Gasteiger partial charge on any atom is 0.309 e. The lowest BCUT2D eigenvalue weighted by Gasteiger charge is -2.13. The Morgan fingerprint density at radius 1 is 1.29 bits per heavy atom. The van der Waals surface area contributed by atoms with Crippen LogP contribution < -0.4 is 0 Å². The zero-order valence-electron chi connectivity index (χ0n) is 11.7. The Balaban J connectivity index is 1.88. The minimum Gasteiger partial charge on any atom is -0.481 e. The molecule has 1 saturated heterocycles. The molecule has 1 aliphatic rings. The first-order chi connectivity index (χ1) is 10.2. The molecule has 0 amide bonds. The fourth-order valence-electron chi connectivity index (χ4n) is 2.55. The van der Waals surface area contributed by atoms with E-state index in [0.717, 1.165) is 35.1 Å². The van der Waals surface area contributed by atoms with Crippen molar-refractivity contribution in [2.24, 2.45) is 0 Å². The average molecular weight is 303 g/mol. The Bertz CT molecular complexity index is 621. The van der Waals surface area contributed by atoms with Crippen LogP contribution in [0.1, 0.15) is 23.4 Å². The summed E-state index contributed by atoms with van der Waals surface area (Å²) in [5.74, 6) is -0.829. The fraction of sp³-hybridized carbons (Fsp3) is 0.400. The number of hydrogen-bond donors (Lipinski definition) is 1. The molecule has 0 aliphatic carbocycles. The predicted octanol–water partition coefficient (Wildman–Crippen LogP) is 2.43. The van der Waals surface area contributed by atoms with E-state index < -0.39 is 5.97 Å². The smallest absolute Gasteiger partial charge is 0.309 e. The van der Waals surface area contributed by atoms with Crippen LogP contribution in [-0.4, -0.2) is 39.0 Å². The van der Waals surface area contributed by atoms with Crippen molar-refractivity contribution in [3.63, 3.8) is 0 Å². The maximum absolute atomic E-state index is 11.0. The maximum atomic E-state index is 11.0. The Morgan fingerprint density at radius 2 is 2.00 bits per heavy atom. The normalized spacial score (nSPS) is 15.4. The van der Waals surface area contributed by atoms with Crippen LogP contribution in [0.2, 0.25) is 0 Å². The minimum absolute atomic E-state index is 0.00917. The predicted molar refractivity (Wildman–Crippen MR) is 81.2 cm³/mol. The van der Waals surface area contributed by atoms with Crippen LogP contribution in [0.4, 0.5) is 0 Å². The van der Waals surface area contributed by atoms with E-state index in [4.69, 9.17) is 5.11 Å². The third kappa shape index (κ3) is 3.46. The van der Waals surface area contributed by atoms with Gasteiger partial charge in [-0.25, -0.2) is 4.98 Å². The van der Waals surface area contributed by atoms with Gasteiger partial charge in [-0.1, -0.05) is 0 Å². The highest BCUT2D eigenvalue weighted by Gasteiger charge is 2.19. The summed E-state index contributed by atoms with van der Waals surface area (Å²) in [7, 11) is 0. The van der Waals surface area contributed by atoms with E-state index in [2.05, 4.69) is 14.9 Å². The zero-order chi connectivity index (χ0) is 14.7. The van der Waals surface area contributed by atoms with Crippen molar-refractivity contribution >= 4 is 17.3 Å². The van der Waals surface area contributed by atoms with Crippen molar-refractivity contribution in [1.29, 1.82) is 0 Å². The van der Waals surface area contributed by atoms with E-state index in [1.165, 1.54) is 12.8 Å². The van der Waals surface area contributed by atoms with Crippen LogP contribution in [0, 0.1) is 0 Å². The molecule has 0 atom stereocenters. The van der Waals surface area contributed by atoms with Gasteiger partial charge in [-0.15, -0.1) is 11.3 Å². The Hall–Kier alpha value is -1.79. The molecule has 3 heterocycles. The summed E-state index contributed by atoms with van der Waals surface area (Å²) >= 11 is 1.60. The molecule has 0 bridgehead atoms. The number of nitrogens with zero attached hydrogens (tertiary/aromatic N) is 3. The molecule has 110 valence electrons. The van der Waals surface area contributed by atoms with E-state index in [1.807, 2.05) is 12.1 Å². The SMILES string of the molecule is O=C(O)Cc1nc(-c2ccncc2)sc1CN1CCCC1. The first-order valence-electron chi connectivity index (χ1n) is 7.05. The van der Waals surface area contributed by atoms with Crippen LogP contribution in [0.15, 0.2) is 24.5 Å².